The summed E-state index contributed by atoms with van der Waals surface area (Å²) in [5.74, 6) is 0. The topological polar surface area (TPSA) is 43.3 Å². The number of carbonyl (C=O) groups excluding carboxylic acids is 1. The number of alkyl halides is 6. The van der Waals surface area contributed by atoms with E-state index in [1.807, 2.05) is 13.8 Å². The first kappa shape index (κ1) is 25.2. The number of hydrogen-bond acceptors (Lipinski definition) is 2. The van der Waals surface area contributed by atoms with Gasteiger partial charge in [0.25, 0.3) is 0 Å². The van der Waals surface area contributed by atoms with Crippen LogP contribution in [0.15, 0.2) is 55.4 Å². The minimum Gasteiger partial charge on any atom is -0.496 e. The van der Waals surface area contributed by atoms with E-state index in [2.05, 4.69) is 11.9 Å². The fraction of sp³-hybridized carbons (Fsp3) is 0.292. The predicted octanol–water partition coefficient (Wildman–Crippen LogP) is 7.55. The van der Waals surface area contributed by atoms with E-state index in [1.54, 1.807) is 25.1 Å². The zero-order valence-electron chi connectivity index (χ0n) is 18.6. The molecule has 182 valence electrons. The van der Waals surface area contributed by atoms with Gasteiger partial charge in [0.1, 0.15) is 5.60 Å². The van der Waals surface area contributed by atoms with Gasteiger partial charge >= 0.3 is 18.4 Å². The number of aryl methyl sites for hydroxylation is 1. The van der Waals surface area contributed by atoms with Crippen molar-refractivity contribution in [3.8, 4) is 0 Å². The van der Waals surface area contributed by atoms with Crippen LogP contribution in [0.3, 0.4) is 0 Å². The number of carbonyl (C=O) groups is 1. The van der Waals surface area contributed by atoms with E-state index in [-0.39, 0.29) is 6.07 Å². The molecule has 10 heteroatoms. The maximum absolute atomic E-state index is 13.2. The number of fused-ring (bicyclic) bond motifs is 1. The summed E-state index contributed by atoms with van der Waals surface area (Å²) in [6.07, 6.45) is -6.90. The number of nitrogens with zero attached hydrogens (tertiary/aromatic N) is 1. The molecule has 0 saturated carbocycles. The molecule has 0 aliphatic carbocycles. The van der Waals surface area contributed by atoms with Gasteiger partial charge in [-0.25, -0.2) is 4.79 Å². The molecule has 1 aromatic heterocycles. The Kier molecular flexibility index (Phi) is 6.47. The van der Waals surface area contributed by atoms with Crippen molar-refractivity contribution in [3.05, 3.63) is 77.7 Å². The van der Waals surface area contributed by atoms with Crippen LogP contribution < -0.4 is 5.32 Å². The molecule has 0 spiro atoms. The Morgan fingerprint density at radius 3 is 2.18 bits per heavy atom. The average Bonchev–Trinajstić information content (AvgIpc) is 3.05. The molecule has 0 saturated heterocycles. The summed E-state index contributed by atoms with van der Waals surface area (Å²) in [4.78, 5) is 13.0. The van der Waals surface area contributed by atoms with Crippen LogP contribution in [0, 0.1) is 6.92 Å². The maximum atomic E-state index is 13.2. The lowest BCUT2D eigenvalue weighted by atomic mass is 9.97. The number of ether oxygens (including phenoxy) is 1. The molecule has 3 rings (SSSR count). The molecular formula is C24H22F6N2O2. The van der Waals surface area contributed by atoms with Gasteiger partial charge in [-0.1, -0.05) is 24.8 Å². The van der Waals surface area contributed by atoms with Crippen molar-refractivity contribution in [2.24, 2.45) is 0 Å². The minimum absolute atomic E-state index is 0.00462. The molecule has 1 heterocycles. The van der Waals surface area contributed by atoms with Crippen molar-refractivity contribution in [1.29, 1.82) is 0 Å². The lowest BCUT2D eigenvalue weighted by Crippen LogP contribution is -2.25. The molecule has 3 aromatic rings. The average molecular weight is 484 g/mol. The highest BCUT2D eigenvalue weighted by atomic mass is 19.4. The smallest absolute Gasteiger partial charge is 0.416 e. The predicted molar refractivity (Wildman–Crippen MR) is 117 cm³/mol. The number of hydrogen-bond donors (Lipinski definition) is 1. The number of para-hydroxylation sites is 1. The largest absolute Gasteiger partial charge is 0.496 e. The zero-order chi connectivity index (χ0) is 25.5. The second-order valence-corrected chi connectivity index (χ2v) is 8.44. The first-order valence-electron chi connectivity index (χ1n) is 10.1. The van der Waals surface area contributed by atoms with Crippen molar-refractivity contribution in [3.63, 3.8) is 0 Å². The van der Waals surface area contributed by atoms with Gasteiger partial charge in [-0.2, -0.15) is 26.3 Å². The van der Waals surface area contributed by atoms with Crippen molar-refractivity contribution in [1.82, 2.24) is 4.57 Å². The molecular weight excluding hydrogens is 462 g/mol. The third-order valence-corrected chi connectivity index (χ3v) is 5.19. The minimum atomic E-state index is -5.03. The van der Waals surface area contributed by atoms with Crippen LogP contribution in [-0.4, -0.2) is 16.2 Å². The van der Waals surface area contributed by atoms with Gasteiger partial charge in [0.2, 0.25) is 0 Å². The second-order valence-electron chi connectivity index (χ2n) is 8.44. The lowest BCUT2D eigenvalue weighted by Gasteiger charge is -2.23. The molecule has 0 radical (unpaired) electrons. The summed E-state index contributed by atoms with van der Waals surface area (Å²) in [6, 6.07) is 5.34. The third kappa shape index (κ3) is 5.37. The Bertz CT molecular complexity index is 1210. The number of amides is 1. The van der Waals surface area contributed by atoms with Gasteiger partial charge in [0.15, 0.2) is 0 Å². The van der Waals surface area contributed by atoms with E-state index < -0.39 is 40.8 Å². The first-order chi connectivity index (χ1) is 15.6. The summed E-state index contributed by atoms with van der Waals surface area (Å²) in [5.41, 5.74) is -2.46. The Morgan fingerprint density at radius 2 is 1.65 bits per heavy atom. The standard InChI is InChI=1S/C24H22F6N2O2/c1-5-34-22(3,4)12-15-13-32(20-14(2)7-6-8-19(15)20)21(33)31-18-10-16(23(25,26)27)9-17(11-18)24(28,29)30/h5-11,13H,1,12H2,2-4H3,(H,31,33). The summed E-state index contributed by atoms with van der Waals surface area (Å²) in [5, 5.41) is 2.89. The highest BCUT2D eigenvalue weighted by Crippen LogP contribution is 2.38. The Labute approximate surface area is 191 Å². The van der Waals surface area contributed by atoms with Crippen LogP contribution in [0.2, 0.25) is 0 Å². The third-order valence-electron chi connectivity index (χ3n) is 5.19. The van der Waals surface area contributed by atoms with Gasteiger partial charge in [0.05, 0.1) is 22.9 Å². The van der Waals surface area contributed by atoms with Gasteiger partial charge in [-0.15, -0.1) is 0 Å². The molecule has 0 fully saturated rings. The number of anilines is 1. The van der Waals surface area contributed by atoms with E-state index in [0.717, 1.165) is 0 Å². The number of halogens is 6. The highest BCUT2D eigenvalue weighted by Gasteiger charge is 2.37. The SMILES string of the molecule is C=COC(C)(C)Cc1cn(C(=O)Nc2cc(C(F)(F)F)cc(C(F)(F)F)c2)c2c(C)cccc12. The lowest BCUT2D eigenvalue weighted by molar-refractivity contribution is -0.143. The number of rotatable bonds is 5. The van der Waals surface area contributed by atoms with Crippen molar-refractivity contribution in [2.75, 3.05) is 5.32 Å². The number of nitrogens with one attached hydrogen (secondary N) is 1. The van der Waals surface area contributed by atoms with Crippen molar-refractivity contribution >= 4 is 22.6 Å². The molecule has 2 aromatic carbocycles. The molecule has 1 N–H and O–H groups in total. The highest BCUT2D eigenvalue weighted by molar-refractivity contribution is 6.01. The fourth-order valence-corrected chi connectivity index (χ4v) is 3.77. The number of benzene rings is 2. The van der Waals surface area contributed by atoms with Gasteiger partial charge in [-0.3, -0.25) is 4.57 Å². The van der Waals surface area contributed by atoms with E-state index in [0.29, 0.717) is 40.6 Å². The normalized spacial score (nSPS) is 12.6. The molecule has 0 aliphatic rings. The van der Waals surface area contributed by atoms with E-state index >= 15 is 0 Å². The molecule has 0 bridgehead atoms. The van der Waals surface area contributed by atoms with Crippen LogP contribution in [-0.2, 0) is 23.5 Å². The molecule has 1 amide bonds. The molecule has 34 heavy (non-hydrogen) atoms. The van der Waals surface area contributed by atoms with Crippen LogP contribution >= 0.6 is 0 Å². The van der Waals surface area contributed by atoms with Crippen molar-refractivity contribution in [2.45, 2.75) is 45.1 Å². The van der Waals surface area contributed by atoms with E-state index in [4.69, 9.17) is 4.74 Å². The Balaban J connectivity index is 2.07. The van der Waals surface area contributed by atoms with Crippen LogP contribution in [0.1, 0.15) is 36.1 Å². The summed E-state index contributed by atoms with van der Waals surface area (Å²) in [6.45, 7) is 8.91. The van der Waals surface area contributed by atoms with E-state index in [9.17, 15) is 31.1 Å². The van der Waals surface area contributed by atoms with Crippen LogP contribution in [0.5, 0.6) is 0 Å². The molecule has 4 nitrogen and oxygen atoms in total. The maximum Gasteiger partial charge on any atom is 0.416 e. The number of aromatic nitrogens is 1. The fourth-order valence-electron chi connectivity index (χ4n) is 3.77. The van der Waals surface area contributed by atoms with Crippen molar-refractivity contribution < 1.29 is 35.9 Å². The Morgan fingerprint density at radius 1 is 1.06 bits per heavy atom. The quantitative estimate of drug-likeness (QED) is 0.300. The monoisotopic (exact) mass is 484 g/mol. The van der Waals surface area contributed by atoms with Gasteiger partial charge in [0, 0.05) is 23.7 Å². The van der Waals surface area contributed by atoms with Crippen LogP contribution in [0.25, 0.3) is 10.9 Å². The summed E-state index contributed by atoms with van der Waals surface area (Å²) >= 11 is 0. The molecule has 0 unspecified atom stereocenters. The summed E-state index contributed by atoms with van der Waals surface area (Å²) < 4.78 is 85.8. The van der Waals surface area contributed by atoms with Crippen LogP contribution in [0.4, 0.5) is 36.8 Å². The van der Waals surface area contributed by atoms with Gasteiger partial charge in [-0.05, 0) is 50.1 Å². The van der Waals surface area contributed by atoms with Gasteiger partial charge < -0.3 is 10.1 Å². The summed E-state index contributed by atoms with van der Waals surface area (Å²) in [7, 11) is 0. The molecule has 0 atom stereocenters. The molecule has 0 aliphatic heterocycles. The van der Waals surface area contributed by atoms with E-state index in [1.165, 1.54) is 17.0 Å². The first-order valence-corrected chi connectivity index (χ1v) is 10.1. The second kappa shape index (κ2) is 8.73. The zero-order valence-corrected chi connectivity index (χ0v) is 18.6. The Hall–Kier alpha value is -3.43.